The molecule has 13 heteroatoms. The molecule has 178 valence electrons. The summed E-state index contributed by atoms with van der Waals surface area (Å²) in [5.41, 5.74) is 11.0. The molecule has 0 rings (SSSR count). The molecule has 0 radical (unpaired) electrons. The molecule has 11 nitrogen and oxygen atoms in total. The number of amides is 4. The van der Waals surface area contributed by atoms with Crippen LogP contribution in [-0.4, -0.2) is 76.6 Å². The van der Waals surface area contributed by atoms with E-state index < -0.39 is 60.2 Å². The van der Waals surface area contributed by atoms with Crippen molar-refractivity contribution in [2.45, 2.75) is 57.3 Å². The number of carbonyl (C=O) groups is 5. The normalized spacial score (nSPS) is 14.8. The van der Waals surface area contributed by atoms with Gasteiger partial charge >= 0.3 is 5.97 Å². The van der Waals surface area contributed by atoms with Gasteiger partial charge < -0.3 is 32.5 Å². The number of thioether (sulfide) groups is 1. The third-order valence-electron chi connectivity index (χ3n) is 4.15. The van der Waals surface area contributed by atoms with Gasteiger partial charge in [0.15, 0.2) is 0 Å². The van der Waals surface area contributed by atoms with Gasteiger partial charge in [0, 0.05) is 5.75 Å². The molecule has 0 aromatic rings. The Morgan fingerprint density at radius 3 is 1.94 bits per heavy atom. The van der Waals surface area contributed by atoms with Crippen LogP contribution in [0, 0.1) is 5.92 Å². The predicted molar refractivity (Wildman–Crippen MR) is 122 cm³/mol. The molecule has 0 aromatic carbocycles. The van der Waals surface area contributed by atoms with Crippen LogP contribution in [0.1, 0.15) is 33.1 Å². The maximum atomic E-state index is 12.7. The Labute approximate surface area is 191 Å². The molecule has 8 N–H and O–H groups in total. The molecule has 0 aliphatic heterocycles. The molecular weight excluding hydrogens is 446 g/mol. The summed E-state index contributed by atoms with van der Waals surface area (Å²) in [5, 5.41) is 16.3. The second kappa shape index (κ2) is 14.9. The lowest BCUT2D eigenvalue weighted by atomic mass is 10.0. The number of carbonyl (C=O) groups excluding carboxylic acids is 4. The van der Waals surface area contributed by atoms with Crippen LogP contribution >= 0.6 is 24.4 Å². The minimum Gasteiger partial charge on any atom is -0.480 e. The van der Waals surface area contributed by atoms with Gasteiger partial charge in [0.2, 0.25) is 23.6 Å². The number of nitrogens with one attached hydrogen (secondary N) is 3. The standard InChI is InChI=1S/C18H33N5O6S2/c1-9(2)6-11(16(26)23-13(8-30)18(28)29)22-17(27)12(7-14(20)24)21-15(25)10(19)4-5-31-3/h9-13,30H,4-8,19H2,1-3H3,(H2,20,24)(H,21,25)(H,22,27)(H,23,26)(H,28,29). The molecule has 4 unspecified atom stereocenters. The van der Waals surface area contributed by atoms with Gasteiger partial charge in [0.05, 0.1) is 12.5 Å². The summed E-state index contributed by atoms with van der Waals surface area (Å²) in [7, 11) is 0. The van der Waals surface area contributed by atoms with Gasteiger partial charge in [-0.05, 0) is 30.8 Å². The fraction of sp³-hybridized carbons (Fsp3) is 0.722. The second-order valence-electron chi connectivity index (χ2n) is 7.39. The van der Waals surface area contributed by atoms with Gasteiger partial charge in [0.1, 0.15) is 18.1 Å². The fourth-order valence-corrected chi connectivity index (χ4v) is 3.24. The summed E-state index contributed by atoms with van der Waals surface area (Å²) < 4.78 is 0. The Hall–Kier alpha value is -1.99. The Morgan fingerprint density at radius 2 is 1.48 bits per heavy atom. The van der Waals surface area contributed by atoms with E-state index in [2.05, 4.69) is 28.6 Å². The van der Waals surface area contributed by atoms with Crippen molar-refractivity contribution in [2.75, 3.05) is 17.8 Å². The smallest absolute Gasteiger partial charge is 0.327 e. The minimum atomic E-state index is -1.33. The molecule has 0 saturated carbocycles. The highest BCUT2D eigenvalue weighted by atomic mass is 32.2. The second-order valence-corrected chi connectivity index (χ2v) is 8.74. The lowest BCUT2D eigenvalue weighted by Gasteiger charge is -2.25. The Bertz CT molecular complexity index is 649. The van der Waals surface area contributed by atoms with E-state index in [0.717, 1.165) is 0 Å². The molecule has 0 spiro atoms. The molecule has 0 aliphatic rings. The Morgan fingerprint density at radius 1 is 0.968 bits per heavy atom. The Balaban J connectivity index is 5.38. The van der Waals surface area contributed by atoms with Gasteiger partial charge in [-0.3, -0.25) is 19.2 Å². The molecule has 4 amide bonds. The number of carboxylic acid groups (broad SMARTS) is 1. The molecule has 4 atom stereocenters. The first-order valence-corrected chi connectivity index (χ1v) is 11.7. The van der Waals surface area contributed by atoms with Crippen molar-refractivity contribution in [3.63, 3.8) is 0 Å². The van der Waals surface area contributed by atoms with Crippen LogP contribution in [0.3, 0.4) is 0 Å². The summed E-state index contributed by atoms with van der Waals surface area (Å²) in [6, 6.07) is -4.53. The van der Waals surface area contributed by atoms with Crippen LogP contribution in [0.2, 0.25) is 0 Å². The summed E-state index contributed by atoms with van der Waals surface area (Å²) in [6.07, 6.45) is 1.94. The van der Waals surface area contributed by atoms with Crippen molar-refractivity contribution < 1.29 is 29.1 Å². The van der Waals surface area contributed by atoms with Crippen LogP contribution in [0.25, 0.3) is 0 Å². The highest BCUT2D eigenvalue weighted by Gasteiger charge is 2.31. The SMILES string of the molecule is CSCCC(N)C(=O)NC(CC(N)=O)C(=O)NC(CC(C)C)C(=O)NC(CS)C(=O)O. The summed E-state index contributed by atoms with van der Waals surface area (Å²) in [6.45, 7) is 3.63. The number of rotatable bonds is 15. The van der Waals surface area contributed by atoms with Crippen molar-refractivity contribution in [3.05, 3.63) is 0 Å². The third kappa shape index (κ3) is 11.8. The van der Waals surface area contributed by atoms with E-state index >= 15 is 0 Å². The van der Waals surface area contributed by atoms with Crippen LogP contribution in [0.5, 0.6) is 0 Å². The largest absolute Gasteiger partial charge is 0.480 e. The summed E-state index contributed by atoms with van der Waals surface area (Å²) >= 11 is 5.40. The van der Waals surface area contributed by atoms with Gasteiger partial charge in [-0.15, -0.1) is 0 Å². The van der Waals surface area contributed by atoms with Gasteiger partial charge in [0.25, 0.3) is 0 Å². The molecule has 0 aromatic heterocycles. The molecule has 0 saturated heterocycles. The third-order valence-corrected chi connectivity index (χ3v) is 5.15. The number of primary amides is 1. The topological polar surface area (TPSA) is 194 Å². The average Bonchev–Trinajstić information content (AvgIpc) is 2.67. The van der Waals surface area contributed by atoms with Crippen molar-refractivity contribution in [1.29, 1.82) is 0 Å². The first-order valence-electron chi connectivity index (χ1n) is 9.70. The van der Waals surface area contributed by atoms with Crippen molar-refractivity contribution in [2.24, 2.45) is 17.4 Å². The molecular formula is C18H33N5O6S2. The van der Waals surface area contributed by atoms with E-state index in [9.17, 15) is 24.0 Å². The zero-order valence-corrected chi connectivity index (χ0v) is 19.6. The minimum absolute atomic E-state index is 0.0283. The lowest BCUT2D eigenvalue weighted by Crippen LogP contribution is -2.58. The van der Waals surface area contributed by atoms with E-state index in [1.54, 1.807) is 0 Å². The first-order chi connectivity index (χ1) is 14.4. The maximum Gasteiger partial charge on any atom is 0.327 e. The van der Waals surface area contributed by atoms with Crippen LogP contribution < -0.4 is 27.4 Å². The van der Waals surface area contributed by atoms with Gasteiger partial charge in [-0.1, -0.05) is 13.8 Å². The van der Waals surface area contributed by atoms with E-state index in [1.807, 2.05) is 20.1 Å². The van der Waals surface area contributed by atoms with E-state index in [1.165, 1.54) is 11.8 Å². The van der Waals surface area contributed by atoms with E-state index in [-0.39, 0.29) is 18.1 Å². The zero-order valence-electron chi connectivity index (χ0n) is 17.9. The number of carboxylic acids is 1. The molecule has 0 aliphatic carbocycles. The highest BCUT2D eigenvalue weighted by Crippen LogP contribution is 2.07. The van der Waals surface area contributed by atoms with Gasteiger partial charge in [-0.2, -0.15) is 24.4 Å². The molecule has 0 fully saturated rings. The fourth-order valence-electron chi connectivity index (χ4n) is 2.50. The first kappa shape index (κ1) is 29.0. The summed E-state index contributed by atoms with van der Waals surface area (Å²) in [5.74, 6) is -3.78. The molecule has 0 bridgehead atoms. The lowest BCUT2D eigenvalue weighted by molar-refractivity contribution is -0.141. The van der Waals surface area contributed by atoms with Crippen LogP contribution in [0.15, 0.2) is 0 Å². The quantitative estimate of drug-likeness (QED) is 0.137. The highest BCUT2D eigenvalue weighted by molar-refractivity contribution is 7.98. The van der Waals surface area contributed by atoms with E-state index in [0.29, 0.717) is 12.2 Å². The Kier molecular flexibility index (Phi) is 14.0. The number of hydrogen-bond acceptors (Lipinski definition) is 8. The zero-order chi connectivity index (χ0) is 24.1. The van der Waals surface area contributed by atoms with Crippen molar-refractivity contribution in [1.82, 2.24) is 16.0 Å². The molecule has 0 heterocycles. The van der Waals surface area contributed by atoms with Crippen molar-refractivity contribution in [3.8, 4) is 0 Å². The number of hydrogen-bond donors (Lipinski definition) is 7. The van der Waals surface area contributed by atoms with Crippen molar-refractivity contribution >= 4 is 54.0 Å². The van der Waals surface area contributed by atoms with E-state index in [4.69, 9.17) is 16.6 Å². The average molecular weight is 480 g/mol. The number of thiol groups is 1. The van der Waals surface area contributed by atoms with Crippen LogP contribution in [-0.2, 0) is 24.0 Å². The molecule has 31 heavy (non-hydrogen) atoms. The van der Waals surface area contributed by atoms with Crippen LogP contribution in [0.4, 0.5) is 0 Å². The summed E-state index contributed by atoms with van der Waals surface area (Å²) in [4.78, 5) is 60.1. The number of nitrogens with two attached hydrogens (primary N) is 2. The number of aliphatic carboxylic acids is 1. The monoisotopic (exact) mass is 479 g/mol. The van der Waals surface area contributed by atoms with Gasteiger partial charge in [-0.25, -0.2) is 4.79 Å². The predicted octanol–water partition coefficient (Wildman–Crippen LogP) is -1.54. The maximum absolute atomic E-state index is 12.7.